The topological polar surface area (TPSA) is 69.6 Å². The lowest BCUT2D eigenvalue weighted by molar-refractivity contribution is -0.123. The fourth-order valence-corrected chi connectivity index (χ4v) is 7.73. The average molecular weight is 824 g/mol. The third kappa shape index (κ3) is 47.0. The molecule has 2 atom stereocenters. The Bertz CT molecular complexity index is 981. The molecule has 0 aromatic carbocycles. The summed E-state index contributed by atoms with van der Waals surface area (Å²) < 4.78 is 0. The second kappa shape index (κ2) is 50.4. The van der Waals surface area contributed by atoms with Gasteiger partial charge in [-0.2, -0.15) is 0 Å². The maximum absolute atomic E-state index is 12.4. The Morgan fingerprint density at radius 2 is 0.712 bits per heavy atom. The summed E-state index contributed by atoms with van der Waals surface area (Å²) in [5.41, 5.74) is 0. The smallest absolute Gasteiger partial charge is 0.220 e. The van der Waals surface area contributed by atoms with Crippen LogP contribution in [0.1, 0.15) is 264 Å². The highest BCUT2D eigenvalue weighted by Crippen LogP contribution is 2.16. The number of rotatable bonds is 47. The van der Waals surface area contributed by atoms with Gasteiger partial charge >= 0.3 is 0 Å². The Morgan fingerprint density at radius 1 is 0.407 bits per heavy atom. The molecule has 2 unspecified atom stereocenters. The molecule has 0 heterocycles. The molecule has 4 nitrogen and oxygen atoms in total. The molecule has 0 aliphatic carbocycles. The maximum atomic E-state index is 12.4. The van der Waals surface area contributed by atoms with Crippen molar-refractivity contribution in [3.8, 4) is 0 Å². The second-order valence-corrected chi connectivity index (χ2v) is 17.6. The molecule has 0 spiro atoms. The van der Waals surface area contributed by atoms with E-state index >= 15 is 0 Å². The van der Waals surface area contributed by atoms with E-state index in [0.29, 0.717) is 6.42 Å². The van der Waals surface area contributed by atoms with Crippen molar-refractivity contribution in [2.45, 2.75) is 276 Å². The number of nitrogens with one attached hydrogen (secondary N) is 1. The van der Waals surface area contributed by atoms with Crippen molar-refractivity contribution in [1.82, 2.24) is 5.32 Å². The SMILES string of the molecule is CCCCCCC/C=C\C/C=C\C/C=C\CCCCCCCCC(=O)NC(CO)C(O)/C=C/CC/C=C/CCCCCCCCCCCCCCCCCCCCCC. The highest BCUT2D eigenvalue weighted by Gasteiger charge is 2.17. The summed E-state index contributed by atoms with van der Waals surface area (Å²) >= 11 is 0. The first-order chi connectivity index (χ1) is 29.2. The molecule has 0 bridgehead atoms. The molecular formula is C55H101NO3. The summed E-state index contributed by atoms with van der Waals surface area (Å²) in [6.45, 7) is 4.30. The van der Waals surface area contributed by atoms with E-state index in [0.717, 1.165) is 57.8 Å². The average Bonchev–Trinajstić information content (AvgIpc) is 3.24. The van der Waals surface area contributed by atoms with Crippen molar-refractivity contribution >= 4 is 5.91 Å². The summed E-state index contributed by atoms with van der Waals surface area (Å²) in [7, 11) is 0. The first kappa shape index (κ1) is 57.1. The van der Waals surface area contributed by atoms with Crippen molar-refractivity contribution < 1.29 is 15.0 Å². The van der Waals surface area contributed by atoms with Gasteiger partial charge in [0.1, 0.15) is 0 Å². The number of hydrogen-bond donors (Lipinski definition) is 3. The van der Waals surface area contributed by atoms with Crippen LogP contribution in [0.15, 0.2) is 60.8 Å². The van der Waals surface area contributed by atoms with Crippen LogP contribution in [-0.2, 0) is 4.79 Å². The lowest BCUT2D eigenvalue weighted by atomic mass is 10.0. The number of amides is 1. The quantitative estimate of drug-likeness (QED) is 0.0423. The summed E-state index contributed by atoms with van der Waals surface area (Å²) in [5, 5.41) is 23.1. The monoisotopic (exact) mass is 824 g/mol. The van der Waals surface area contributed by atoms with E-state index in [9.17, 15) is 15.0 Å². The predicted molar refractivity (Wildman–Crippen MR) is 262 cm³/mol. The van der Waals surface area contributed by atoms with E-state index in [2.05, 4.69) is 67.8 Å². The molecule has 59 heavy (non-hydrogen) atoms. The van der Waals surface area contributed by atoms with Crippen molar-refractivity contribution in [2.75, 3.05) is 6.61 Å². The number of aliphatic hydroxyl groups is 2. The molecular weight excluding hydrogens is 723 g/mol. The van der Waals surface area contributed by atoms with Crippen LogP contribution in [0.5, 0.6) is 0 Å². The van der Waals surface area contributed by atoms with Crippen LogP contribution in [-0.4, -0.2) is 34.9 Å². The number of carbonyl (C=O) groups is 1. The molecule has 0 aromatic rings. The van der Waals surface area contributed by atoms with Gasteiger partial charge in [0, 0.05) is 6.42 Å². The summed E-state index contributed by atoms with van der Waals surface area (Å²) in [6, 6.07) is -0.649. The van der Waals surface area contributed by atoms with Gasteiger partial charge in [-0.1, -0.05) is 248 Å². The molecule has 0 rings (SSSR count). The normalized spacial score (nSPS) is 13.4. The van der Waals surface area contributed by atoms with Crippen LogP contribution < -0.4 is 5.32 Å². The number of unbranched alkanes of at least 4 members (excludes halogenated alkanes) is 32. The third-order valence-corrected chi connectivity index (χ3v) is 11.7. The van der Waals surface area contributed by atoms with E-state index in [4.69, 9.17) is 0 Å². The molecule has 1 amide bonds. The first-order valence-electron chi connectivity index (χ1n) is 26.0. The van der Waals surface area contributed by atoms with Gasteiger partial charge in [-0.15, -0.1) is 0 Å². The van der Waals surface area contributed by atoms with Gasteiger partial charge in [0.25, 0.3) is 0 Å². The van der Waals surface area contributed by atoms with Crippen molar-refractivity contribution in [1.29, 1.82) is 0 Å². The molecule has 4 heteroatoms. The maximum Gasteiger partial charge on any atom is 0.220 e. The molecule has 0 saturated carbocycles. The van der Waals surface area contributed by atoms with Gasteiger partial charge in [-0.05, 0) is 70.6 Å². The summed E-state index contributed by atoms with van der Waals surface area (Å²) in [4.78, 5) is 12.4. The highest BCUT2D eigenvalue weighted by atomic mass is 16.3. The molecule has 3 N–H and O–H groups in total. The summed E-state index contributed by atoms with van der Waals surface area (Å²) in [6.07, 6.45) is 70.8. The van der Waals surface area contributed by atoms with Crippen molar-refractivity contribution in [3.63, 3.8) is 0 Å². The predicted octanol–water partition coefficient (Wildman–Crippen LogP) is 16.9. The van der Waals surface area contributed by atoms with Gasteiger partial charge in [0.2, 0.25) is 5.91 Å². The Morgan fingerprint density at radius 3 is 1.10 bits per heavy atom. The molecule has 0 saturated heterocycles. The first-order valence-corrected chi connectivity index (χ1v) is 26.0. The largest absolute Gasteiger partial charge is 0.394 e. The van der Waals surface area contributed by atoms with Gasteiger partial charge in [-0.25, -0.2) is 0 Å². The highest BCUT2D eigenvalue weighted by molar-refractivity contribution is 5.76. The number of carbonyl (C=O) groups excluding carboxylic acids is 1. The van der Waals surface area contributed by atoms with Crippen LogP contribution in [0, 0.1) is 0 Å². The number of aliphatic hydroxyl groups excluding tert-OH is 2. The van der Waals surface area contributed by atoms with E-state index < -0.39 is 12.1 Å². The number of allylic oxidation sites excluding steroid dienone is 9. The molecule has 0 aliphatic heterocycles. The summed E-state index contributed by atoms with van der Waals surface area (Å²) in [5.74, 6) is -0.0857. The fraction of sp³-hybridized carbons (Fsp3) is 0.800. The Balaban J connectivity index is 3.59. The third-order valence-electron chi connectivity index (χ3n) is 11.7. The second-order valence-electron chi connectivity index (χ2n) is 17.6. The minimum absolute atomic E-state index is 0.0857. The van der Waals surface area contributed by atoms with E-state index in [1.54, 1.807) is 6.08 Å². The van der Waals surface area contributed by atoms with E-state index in [1.807, 2.05) is 6.08 Å². The zero-order valence-corrected chi connectivity index (χ0v) is 39.5. The molecule has 344 valence electrons. The van der Waals surface area contributed by atoms with Gasteiger partial charge in [0.05, 0.1) is 18.8 Å². The van der Waals surface area contributed by atoms with E-state index in [-0.39, 0.29) is 12.5 Å². The molecule has 0 aromatic heterocycles. The lowest BCUT2D eigenvalue weighted by Gasteiger charge is -2.19. The number of hydrogen-bond acceptors (Lipinski definition) is 3. The van der Waals surface area contributed by atoms with E-state index in [1.165, 1.54) is 186 Å². The minimum Gasteiger partial charge on any atom is -0.394 e. The zero-order chi connectivity index (χ0) is 42.8. The van der Waals surface area contributed by atoms with Gasteiger partial charge in [-0.3, -0.25) is 4.79 Å². The Labute approximate surface area is 368 Å². The van der Waals surface area contributed by atoms with Crippen LogP contribution in [0.25, 0.3) is 0 Å². The standard InChI is InChI=1S/C55H101NO3/c1-3-5-7-9-11-13-15-17-19-21-23-25-26-27-28-29-31-32-34-36-38-40-42-44-46-48-50-54(58)53(52-57)56-55(59)51-49-47-45-43-41-39-37-35-33-30-24-22-20-18-16-14-12-10-8-6-4-2/h16,18,22,24,33,35,40,42,48,50,53-54,57-58H,3-15,17,19-21,23,25-32,34,36-39,41,43-47,49,51-52H2,1-2H3,(H,56,59)/b18-16-,24-22-,35-33-,42-40+,50-48+. The van der Waals surface area contributed by atoms with Crippen molar-refractivity contribution in [2.24, 2.45) is 0 Å². The van der Waals surface area contributed by atoms with Crippen LogP contribution >= 0.6 is 0 Å². The fourth-order valence-electron chi connectivity index (χ4n) is 7.73. The zero-order valence-electron chi connectivity index (χ0n) is 39.5. The Hall–Kier alpha value is -1.91. The molecule has 0 radical (unpaired) electrons. The van der Waals surface area contributed by atoms with Crippen LogP contribution in [0.2, 0.25) is 0 Å². The Kier molecular flexibility index (Phi) is 48.8. The van der Waals surface area contributed by atoms with Gasteiger partial charge < -0.3 is 15.5 Å². The minimum atomic E-state index is -0.871. The van der Waals surface area contributed by atoms with Crippen LogP contribution in [0.4, 0.5) is 0 Å². The van der Waals surface area contributed by atoms with Crippen LogP contribution in [0.3, 0.4) is 0 Å². The lowest BCUT2D eigenvalue weighted by Crippen LogP contribution is -2.45. The van der Waals surface area contributed by atoms with Gasteiger partial charge in [0.15, 0.2) is 0 Å². The van der Waals surface area contributed by atoms with Crippen molar-refractivity contribution in [3.05, 3.63) is 60.8 Å². The molecule has 0 aliphatic rings. The molecule has 0 fully saturated rings.